The van der Waals surface area contributed by atoms with Crippen molar-refractivity contribution in [3.8, 4) is 0 Å². The number of rotatable bonds is 1. The molecule has 0 aliphatic heterocycles. The zero-order valence-electron chi connectivity index (χ0n) is 11.4. The maximum atomic E-state index is 2.22. The van der Waals surface area contributed by atoms with Gasteiger partial charge >= 0.3 is 0 Å². The molecule has 0 spiro atoms. The summed E-state index contributed by atoms with van der Waals surface area (Å²) in [5, 5.41) is 0. The summed E-state index contributed by atoms with van der Waals surface area (Å²) >= 11 is 0. The zero-order valence-corrected chi connectivity index (χ0v) is 11.4. The fourth-order valence-electron chi connectivity index (χ4n) is 0. The van der Waals surface area contributed by atoms with Gasteiger partial charge in [-0.3, -0.25) is 0 Å². The highest BCUT2D eigenvalue weighted by molar-refractivity contribution is 4.68. The van der Waals surface area contributed by atoms with Gasteiger partial charge in [-0.1, -0.05) is 67.0 Å². The van der Waals surface area contributed by atoms with Gasteiger partial charge in [-0.05, 0) is 19.8 Å². The van der Waals surface area contributed by atoms with Crippen LogP contribution < -0.4 is 0 Å². The van der Waals surface area contributed by atoms with E-state index in [1.165, 1.54) is 6.42 Å². The summed E-state index contributed by atoms with van der Waals surface area (Å²) in [7, 11) is 0. The average molecular weight is 188 g/mol. The first kappa shape index (κ1) is 23.0. The predicted molar refractivity (Wildman–Crippen MR) is 68.3 cm³/mol. The fraction of sp³-hybridized carbons (Fsp3) is 0.846. The highest BCUT2D eigenvalue weighted by Gasteiger charge is 1.80. The van der Waals surface area contributed by atoms with E-state index in [4.69, 9.17) is 0 Å². The van der Waals surface area contributed by atoms with Gasteiger partial charge in [0.1, 0.15) is 0 Å². The molecule has 0 nitrogen and oxygen atoms in total. The molecule has 0 aromatic rings. The number of allylic oxidation sites excluding steroid dienone is 2. The van der Waals surface area contributed by atoms with Crippen molar-refractivity contribution in [1.29, 1.82) is 0 Å². The molecule has 0 fully saturated rings. The van der Waals surface area contributed by atoms with Crippen LogP contribution in [-0.4, -0.2) is 0 Å². The SMILES string of the molecule is C/C=C\C.CC.CC.CCC(C)C. The van der Waals surface area contributed by atoms with Crippen molar-refractivity contribution in [3.05, 3.63) is 12.2 Å². The van der Waals surface area contributed by atoms with Gasteiger partial charge in [0.15, 0.2) is 0 Å². The quantitative estimate of drug-likeness (QED) is 0.464. The zero-order chi connectivity index (χ0) is 11.7. The third-order valence-corrected chi connectivity index (χ3v) is 1.15. The molecule has 0 N–H and O–H groups in total. The third kappa shape index (κ3) is 148. The minimum Gasteiger partial charge on any atom is -0.0919 e. The molecule has 0 saturated carbocycles. The van der Waals surface area contributed by atoms with E-state index in [1.807, 2.05) is 53.7 Å². The minimum absolute atomic E-state index is 0.884. The molecule has 0 radical (unpaired) electrons. The van der Waals surface area contributed by atoms with Crippen LogP contribution in [0.5, 0.6) is 0 Å². The Morgan fingerprint density at radius 2 is 1.00 bits per heavy atom. The Morgan fingerprint density at radius 3 is 1.00 bits per heavy atom. The molecular formula is C13H32. The van der Waals surface area contributed by atoms with Gasteiger partial charge in [-0.2, -0.15) is 0 Å². The second-order valence-electron chi connectivity index (χ2n) is 2.47. The van der Waals surface area contributed by atoms with E-state index in [1.54, 1.807) is 0 Å². The smallest absolute Gasteiger partial charge is 0.0470 e. The van der Waals surface area contributed by atoms with Gasteiger partial charge in [0, 0.05) is 0 Å². The van der Waals surface area contributed by atoms with Gasteiger partial charge < -0.3 is 0 Å². The van der Waals surface area contributed by atoms with E-state index >= 15 is 0 Å². The van der Waals surface area contributed by atoms with Crippen LogP contribution in [0.3, 0.4) is 0 Å². The van der Waals surface area contributed by atoms with Gasteiger partial charge in [0.25, 0.3) is 0 Å². The van der Waals surface area contributed by atoms with Crippen molar-refractivity contribution >= 4 is 0 Å². The highest BCUT2D eigenvalue weighted by atomic mass is 13.9. The maximum Gasteiger partial charge on any atom is -0.0470 e. The van der Waals surface area contributed by atoms with Gasteiger partial charge in [-0.15, -0.1) is 0 Å². The lowest BCUT2D eigenvalue weighted by molar-refractivity contribution is 0.626. The summed E-state index contributed by atoms with van der Waals surface area (Å²) in [5.41, 5.74) is 0. The molecule has 0 aliphatic rings. The van der Waals surface area contributed by atoms with Gasteiger partial charge in [0.2, 0.25) is 0 Å². The normalized spacial score (nSPS) is 7.54. The largest absolute Gasteiger partial charge is 0.0919 e. The van der Waals surface area contributed by atoms with Crippen LogP contribution in [0.4, 0.5) is 0 Å². The molecular weight excluding hydrogens is 156 g/mol. The van der Waals surface area contributed by atoms with E-state index in [2.05, 4.69) is 20.8 Å². The molecule has 0 rings (SSSR count). The summed E-state index contributed by atoms with van der Waals surface area (Å²) in [6.07, 6.45) is 5.31. The van der Waals surface area contributed by atoms with Crippen molar-refractivity contribution in [3.63, 3.8) is 0 Å². The first-order valence-corrected chi connectivity index (χ1v) is 5.76. The molecule has 0 heteroatoms. The summed E-state index contributed by atoms with van der Waals surface area (Å²) in [6.45, 7) is 18.6. The topological polar surface area (TPSA) is 0 Å². The maximum absolute atomic E-state index is 2.22. The molecule has 0 unspecified atom stereocenters. The predicted octanol–water partition coefficient (Wildman–Crippen LogP) is 5.69. The Hall–Kier alpha value is -0.260. The Balaban J connectivity index is -0.0000000457. The van der Waals surface area contributed by atoms with Gasteiger partial charge in [0.05, 0.1) is 0 Å². The Kier molecular flexibility index (Phi) is 72.7. The second kappa shape index (κ2) is 41.1. The van der Waals surface area contributed by atoms with Crippen LogP contribution in [-0.2, 0) is 0 Å². The van der Waals surface area contributed by atoms with Crippen LogP contribution in [0.2, 0.25) is 0 Å². The first-order valence-electron chi connectivity index (χ1n) is 5.76. The molecule has 0 heterocycles. The molecule has 0 atom stereocenters. The summed E-state index contributed by atoms with van der Waals surface area (Å²) < 4.78 is 0. The monoisotopic (exact) mass is 188 g/mol. The summed E-state index contributed by atoms with van der Waals surface area (Å²) in [4.78, 5) is 0. The molecule has 0 aliphatic carbocycles. The molecule has 0 bridgehead atoms. The van der Waals surface area contributed by atoms with Crippen LogP contribution >= 0.6 is 0 Å². The van der Waals surface area contributed by atoms with E-state index < -0.39 is 0 Å². The van der Waals surface area contributed by atoms with Gasteiger partial charge in [-0.25, -0.2) is 0 Å². The molecule has 13 heavy (non-hydrogen) atoms. The van der Waals surface area contributed by atoms with E-state index in [0.29, 0.717) is 0 Å². The molecule has 0 aromatic heterocycles. The molecule has 0 saturated heterocycles. The minimum atomic E-state index is 0.884. The standard InChI is InChI=1S/C5H12.C4H8.2C2H6/c1-4-5(2)3;1-3-4-2;2*1-2/h5H,4H2,1-3H3;3-4H,1-2H3;2*1-2H3/b;4-3-;;. The second-order valence-corrected chi connectivity index (χ2v) is 2.47. The van der Waals surface area contributed by atoms with E-state index in [9.17, 15) is 0 Å². The number of hydrogen-bond acceptors (Lipinski definition) is 0. The highest BCUT2D eigenvalue weighted by Crippen LogP contribution is 1.93. The summed E-state index contributed by atoms with van der Waals surface area (Å²) in [6, 6.07) is 0. The van der Waals surface area contributed by atoms with Crippen LogP contribution in [0.15, 0.2) is 12.2 Å². The lowest BCUT2D eigenvalue weighted by Crippen LogP contribution is -1.77. The van der Waals surface area contributed by atoms with Crippen molar-refractivity contribution in [2.24, 2.45) is 5.92 Å². The molecule has 84 valence electrons. The Bertz CT molecular complexity index is 47.1. The third-order valence-electron chi connectivity index (χ3n) is 1.15. The summed E-state index contributed by atoms with van der Waals surface area (Å²) in [5.74, 6) is 0.884. The average Bonchev–Trinajstić information content (AvgIpc) is 2.24. The van der Waals surface area contributed by atoms with Crippen LogP contribution in [0, 0.1) is 5.92 Å². The molecule has 0 amide bonds. The lowest BCUT2D eigenvalue weighted by Gasteiger charge is -1.90. The van der Waals surface area contributed by atoms with E-state index in [0.717, 1.165) is 5.92 Å². The lowest BCUT2D eigenvalue weighted by atomic mass is 10.2. The van der Waals surface area contributed by atoms with Crippen LogP contribution in [0.1, 0.15) is 68.7 Å². The molecule has 0 aromatic carbocycles. The Labute approximate surface area is 87.4 Å². The van der Waals surface area contributed by atoms with Crippen molar-refractivity contribution < 1.29 is 0 Å². The van der Waals surface area contributed by atoms with Crippen molar-refractivity contribution in [1.82, 2.24) is 0 Å². The first-order chi connectivity index (χ1) is 6.18. The Morgan fingerprint density at radius 1 is 0.846 bits per heavy atom. The van der Waals surface area contributed by atoms with Crippen LogP contribution in [0.25, 0.3) is 0 Å². The van der Waals surface area contributed by atoms with E-state index in [-0.39, 0.29) is 0 Å². The van der Waals surface area contributed by atoms with Crippen molar-refractivity contribution in [2.45, 2.75) is 68.7 Å². The fourth-order valence-corrected chi connectivity index (χ4v) is 0. The number of hydrogen-bond donors (Lipinski definition) is 0. The van der Waals surface area contributed by atoms with Crippen molar-refractivity contribution in [2.75, 3.05) is 0 Å².